The van der Waals surface area contributed by atoms with Gasteiger partial charge in [0, 0.05) is 5.41 Å². The molecule has 66 valence electrons. The molecule has 0 saturated carbocycles. The maximum Gasteiger partial charge on any atom is 0.0521 e. The number of aliphatic hydroxyl groups is 1. The lowest BCUT2D eigenvalue weighted by Gasteiger charge is -2.26. The van der Waals surface area contributed by atoms with Crippen LogP contribution in [0.3, 0.4) is 0 Å². The SMILES string of the molecule is C=CC(CC)(CO)CCCC. The fourth-order valence-electron chi connectivity index (χ4n) is 1.21. The predicted molar refractivity (Wildman–Crippen MR) is 49.5 cm³/mol. The Labute approximate surface area is 70.1 Å². The minimum Gasteiger partial charge on any atom is -0.395 e. The number of unbranched alkanes of at least 4 members (excludes halogenated alkanes) is 1. The molecule has 1 atom stereocenters. The molecule has 1 heteroatoms. The molecule has 0 fully saturated rings. The van der Waals surface area contributed by atoms with Crippen LogP contribution in [0, 0.1) is 5.41 Å². The minimum absolute atomic E-state index is 0.00396. The van der Waals surface area contributed by atoms with Gasteiger partial charge in [-0.3, -0.25) is 0 Å². The van der Waals surface area contributed by atoms with Crippen molar-refractivity contribution in [2.75, 3.05) is 6.61 Å². The van der Waals surface area contributed by atoms with Gasteiger partial charge >= 0.3 is 0 Å². The van der Waals surface area contributed by atoms with E-state index in [0.29, 0.717) is 0 Å². The maximum absolute atomic E-state index is 9.13. The van der Waals surface area contributed by atoms with Crippen LogP contribution in [0.25, 0.3) is 0 Å². The molecule has 0 bridgehead atoms. The van der Waals surface area contributed by atoms with Crippen molar-refractivity contribution < 1.29 is 5.11 Å². The molecule has 0 spiro atoms. The standard InChI is InChI=1S/C10H20O/c1-4-7-8-10(5-2,6-3)9-11/h5,11H,2,4,6-9H2,1,3H3. The molecule has 0 aromatic rings. The molecule has 0 rings (SSSR count). The van der Waals surface area contributed by atoms with Crippen LogP contribution in [0.2, 0.25) is 0 Å². The maximum atomic E-state index is 9.13. The number of hydrogen-bond donors (Lipinski definition) is 1. The Balaban J connectivity index is 3.94. The predicted octanol–water partition coefficient (Wildman–Crippen LogP) is 2.75. The van der Waals surface area contributed by atoms with Crippen molar-refractivity contribution in [1.82, 2.24) is 0 Å². The van der Waals surface area contributed by atoms with Gasteiger partial charge < -0.3 is 5.11 Å². The van der Waals surface area contributed by atoms with E-state index in [1.165, 1.54) is 12.8 Å². The van der Waals surface area contributed by atoms with E-state index in [1.807, 2.05) is 6.08 Å². The van der Waals surface area contributed by atoms with Crippen molar-refractivity contribution in [3.05, 3.63) is 12.7 Å². The van der Waals surface area contributed by atoms with Gasteiger partial charge in [0.25, 0.3) is 0 Å². The second-order valence-electron chi connectivity index (χ2n) is 3.18. The topological polar surface area (TPSA) is 20.2 Å². The monoisotopic (exact) mass is 156 g/mol. The molecule has 0 aliphatic rings. The third-order valence-corrected chi connectivity index (χ3v) is 2.48. The molecule has 0 radical (unpaired) electrons. The summed E-state index contributed by atoms with van der Waals surface area (Å²) in [5, 5.41) is 9.13. The molecular formula is C10H20O. The van der Waals surface area contributed by atoms with E-state index >= 15 is 0 Å². The second-order valence-corrected chi connectivity index (χ2v) is 3.18. The van der Waals surface area contributed by atoms with Crippen molar-refractivity contribution in [2.24, 2.45) is 5.41 Å². The van der Waals surface area contributed by atoms with E-state index in [0.717, 1.165) is 12.8 Å². The summed E-state index contributed by atoms with van der Waals surface area (Å²) >= 11 is 0. The normalized spacial score (nSPS) is 15.9. The van der Waals surface area contributed by atoms with Gasteiger partial charge in [-0.05, 0) is 12.8 Å². The Morgan fingerprint density at radius 1 is 1.45 bits per heavy atom. The summed E-state index contributed by atoms with van der Waals surface area (Å²) in [6.45, 7) is 8.28. The van der Waals surface area contributed by atoms with Gasteiger partial charge in [0.05, 0.1) is 6.61 Å². The molecule has 0 aromatic carbocycles. The molecular weight excluding hydrogens is 136 g/mol. The smallest absolute Gasteiger partial charge is 0.0521 e. The molecule has 1 unspecified atom stereocenters. The molecule has 1 nitrogen and oxygen atoms in total. The van der Waals surface area contributed by atoms with Crippen LogP contribution in [0.4, 0.5) is 0 Å². The van der Waals surface area contributed by atoms with Gasteiger partial charge in [0.2, 0.25) is 0 Å². The molecule has 0 aliphatic carbocycles. The van der Waals surface area contributed by atoms with Crippen molar-refractivity contribution in [3.63, 3.8) is 0 Å². The number of aliphatic hydroxyl groups excluding tert-OH is 1. The van der Waals surface area contributed by atoms with Crippen molar-refractivity contribution in [3.8, 4) is 0 Å². The minimum atomic E-state index is -0.00396. The van der Waals surface area contributed by atoms with Crippen LogP contribution in [0.5, 0.6) is 0 Å². The Bertz CT molecular complexity index is 103. The summed E-state index contributed by atoms with van der Waals surface area (Å²) < 4.78 is 0. The molecule has 0 heterocycles. The average Bonchev–Trinajstić information content (AvgIpc) is 2.08. The zero-order valence-corrected chi connectivity index (χ0v) is 7.77. The molecule has 0 amide bonds. The van der Waals surface area contributed by atoms with E-state index in [9.17, 15) is 0 Å². The van der Waals surface area contributed by atoms with E-state index in [1.54, 1.807) is 0 Å². The molecule has 1 N–H and O–H groups in total. The molecule has 0 saturated heterocycles. The van der Waals surface area contributed by atoms with Crippen LogP contribution in [-0.4, -0.2) is 11.7 Å². The largest absolute Gasteiger partial charge is 0.395 e. The van der Waals surface area contributed by atoms with Gasteiger partial charge in [0.1, 0.15) is 0 Å². The van der Waals surface area contributed by atoms with Gasteiger partial charge in [-0.15, -0.1) is 6.58 Å². The Morgan fingerprint density at radius 3 is 2.36 bits per heavy atom. The number of rotatable bonds is 6. The summed E-state index contributed by atoms with van der Waals surface area (Å²) in [4.78, 5) is 0. The molecule has 0 aliphatic heterocycles. The van der Waals surface area contributed by atoms with Crippen LogP contribution < -0.4 is 0 Å². The van der Waals surface area contributed by atoms with Gasteiger partial charge in [-0.2, -0.15) is 0 Å². The van der Waals surface area contributed by atoms with Crippen LogP contribution in [0.15, 0.2) is 12.7 Å². The first-order chi connectivity index (χ1) is 5.24. The zero-order chi connectivity index (χ0) is 8.74. The summed E-state index contributed by atoms with van der Waals surface area (Å²) in [6, 6.07) is 0. The second kappa shape index (κ2) is 5.36. The molecule has 0 aromatic heterocycles. The Hall–Kier alpha value is -0.300. The van der Waals surface area contributed by atoms with E-state index in [4.69, 9.17) is 5.11 Å². The van der Waals surface area contributed by atoms with Gasteiger partial charge in [-0.25, -0.2) is 0 Å². The Morgan fingerprint density at radius 2 is 2.09 bits per heavy atom. The first-order valence-electron chi connectivity index (χ1n) is 4.49. The summed E-state index contributed by atoms with van der Waals surface area (Å²) in [5.41, 5.74) is -0.00396. The highest BCUT2D eigenvalue weighted by molar-refractivity contribution is 4.93. The van der Waals surface area contributed by atoms with Gasteiger partial charge in [-0.1, -0.05) is 32.8 Å². The zero-order valence-electron chi connectivity index (χ0n) is 7.77. The lowest BCUT2D eigenvalue weighted by Crippen LogP contribution is -2.21. The first-order valence-corrected chi connectivity index (χ1v) is 4.49. The Kier molecular flexibility index (Phi) is 5.22. The highest BCUT2D eigenvalue weighted by Gasteiger charge is 2.21. The van der Waals surface area contributed by atoms with E-state index in [-0.39, 0.29) is 12.0 Å². The highest BCUT2D eigenvalue weighted by Crippen LogP contribution is 2.28. The van der Waals surface area contributed by atoms with Crippen molar-refractivity contribution in [1.29, 1.82) is 0 Å². The first kappa shape index (κ1) is 10.7. The van der Waals surface area contributed by atoms with Gasteiger partial charge in [0.15, 0.2) is 0 Å². The van der Waals surface area contributed by atoms with Crippen LogP contribution in [-0.2, 0) is 0 Å². The lowest BCUT2D eigenvalue weighted by atomic mass is 9.81. The molecule has 11 heavy (non-hydrogen) atoms. The van der Waals surface area contributed by atoms with E-state index < -0.39 is 0 Å². The van der Waals surface area contributed by atoms with Crippen molar-refractivity contribution >= 4 is 0 Å². The summed E-state index contributed by atoms with van der Waals surface area (Å²) in [6.07, 6.45) is 6.34. The lowest BCUT2D eigenvalue weighted by molar-refractivity contribution is 0.152. The average molecular weight is 156 g/mol. The third-order valence-electron chi connectivity index (χ3n) is 2.48. The summed E-state index contributed by atoms with van der Waals surface area (Å²) in [7, 11) is 0. The fourth-order valence-corrected chi connectivity index (χ4v) is 1.21. The highest BCUT2D eigenvalue weighted by atomic mass is 16.3. The third kappa shape index (κ3) is 3.06. The van der Waals surface area contributed by atoms with Crippen molar-refractivity contribution in [2.45, 2.75) is 39.5 Å². The summed E-state index contributed by atoms with van der Waals surface area (Å²) in [5.74, 6) is 0. The van der Waals surface area contributed by atoms with Crippen LogP contribution >= 0.6 is 0 Å². The van der Waals surface area contributed by atoms with E-state index in [2.05, 4.69) is 20.4 Å². The van der Waals surface area contributed by atoms with Crippen LogP contribution in [0.1, 0.15) is 39.5 Å². The fraction of sp³-hybridized carbons (Fsp3) is 0.800. The quantitative estimate of drug-likeness (QED) is 0.586. The number of hydrogen-bond acceptors (Lipinski definition) is 1.